The van der Waals surface area contributed by atoms with Crippen LogP contribution < -0.4 is 24.8 Å². The van der Waals surface area contributed by atoms with Crippen LogP contribution in [-0.4, -0.2) is 41.4 Å². The highest BCUT2D eigenvalue weighted by Crippen LogP contribution is 2.47. The van der Waals surface area contributed by atoms with Gasteiger partial charge in [-0.3, -0.25) is 19.4 Å². The number of unbranched alkanes of at least 4 members (excludes halogenated alkanes) is 2. The highest BCUT2D eigenvalue weighted by molar-refractivity contribution is 8.13. The summed E-state index contributed by atoms with van der Waals surface area (Å²) in [6, 6.07) is 14.3. The van der Waals surface area contributed by atoms with E-state index in [1.807, 2.05) is 12.2 Å². The molecule has 48 heavy (non-hydrogen) atoms. The summed E-state index contributed by atoms with van der Waals surface area (Å²) in [5, 5.41) is 5.98. The molecule has 0 atom stereocenters. The summed E-state index contributed by atoms with van der Waals surface area (Å²) in [6.45, 7) is 1.90. The molecule has 4 aromatic rings. The normalized spacial score (nSPS) is 13.2. The Hall–Kier alpha value is -4.97. The average molecular weight is 676 g/mol. The van der Waals surface area contributed by atoms with Crippen molar-refractivity contribution in [3.63, 3.8) is 0 Å². The first-order valence-corrected chi connectivity index (χ1v) is 16.4. The molecule has 0 unspecified atom stereocenters. The third kappa shape index (κ3) is 8.68. The van der Waals surface area contributed by atoms with Gasteiger partial charge in [-0.2, -0.15) is 0 Å². The van der Waals surface area contributed by atoms with Crippen LogP contribution in [0.3, 0.4) is 0 Å². The van der Waals surface area contributed by atoms with Crippen molar-refractivity contribution >= 4 is 51.0 Å². The molecule has 1 aromatic heterocycles. The van der Waals surface area contributed by atoms with Crippen LogP contribution in [0, 0.1) is 17.0 Å². The second-order valence-corrected chi connectivity index (χ2v) is 12.5. The molecule has 0 bridgehead atoms. The standard InChI is InChI=1S/C36H35F2N3O6S/c1-23(42)48-19-7-5-3-4-6-18-46-33-22-29-27(21-32(33)45-2)30(14-17-39-29)47-31-13-12-26(20-28(31)38)41-35(44)36(15-16-36)34(43)40-25-10-8-24(37)9-11-25/h4,6,8-14,17,20-22H,3,5,7,15-16,18-19H2,1-2H3,(H,40,43)(H,41,44)/b6-4+. The number of methoxy groups -OCH3 is 1. The van der Waals surface area contributed by atoms with Gasteiger partial charge in [0.05, 0.1) is 12.6 Å². The molecule has 0 aliphatic heterocycles. The summed E-state index contributed by atoms with van der Waals surface area (Å²) < 4.78 is 45.8. The van der Waals surface area contributed by atoms with Crippen LogP contribution in [0.25, 0.3) is 10.9 Å². The van der Waals surface area contributed by atoms with Crippen molar-refractivity contribution in [2.24, 2.45) is 5.41 Å². The van der Waals surface area contributed by atoms with E-state index in [2.05, 4.69) is 15.6 Å². The molecule has 1 aliphatic carbocycles. The van der Waals surface area contributed by atoms with Gasteiger partial charge in [-0.1, -0.05) is 23.9 Å². The van der Waals surface area contributed by atoms with E-state index in [0.29, 0.717) is 53.3 Å². The molecule has 1 fully saturated rings. The van der Waals surface area contributed by atoms with E-state index in [9.17, 15) is 18.8 Å². The van der Waals surface area contributed by atoms with Crippen LogP contribution in [0.4, 0.5) is 20.2 Å². The monoisotopic (exact) mass is 675 g/mol. The number of hydrogen-bond donors (Lipinski definition) is 2. The number of fused-ring (bicyclic) bond motifs is 1. The molecule has 2 N–H and O–H groups in total. The lowest BCUT2D eigenvalue weighted by atomic mass is 10.0. The maximum atomic E-state index is 15.2. The van der Waals surface area contributed by atoms with E-state index in [0.717, 1.165) is 31.1 Å². The van der Waals surface area contributed by atoms with Gasteiger partial charge < -0.3 is 24.8 Å². The summed E-state index contributed by atoms with van der Waals surface area (Å²) in [6.07, 6.45) is 9.02. The molecule has 0 radical (unpaired) electrons. The van der Waals surface area contributed by atoms with Gasteiger partial charge in [0, 0.05) is 47.8 Å². The van der Waals surface area contributed by atoms with Gasteiger partial charge in [-0.25, -0.2) is 8.78 Å². The van der Waals surface area contributed by atoms with Crippen molar-refractivity contribution < 1.29 is 37.4 Å². The summed E-state index contributed by atoms with van der Waals surface area (Å²) in [4.78, 5) is 41.3. The minimum atomic E-state index is -1.29. The summed E-state index contributed by atoms with van der Waals surface area (Å²) in [7, 11) is 1.52. The minimum Gasteiger partial charge on any atom is -0.493 e. The molecule has 1 heterocycles. The van der Waals surface area contributed by atoms with Crippen molar-refractivity contribution in [2.75, 3.05) is 30.1 Å². The van der Waals surface area contributed by atoms with Crippen molar-refractivity contribution in [3.8, 4) is 23.0 Å². The molecule has 12 heteroatoms. The second-order valence-electron chi connectivity index (χ2n) is 11.2. The Kier molecular flexibility index (Phi) is 11.3. The fourth-order valence-corrected chi connectivity index (χ4v) is 5.53. The molecular formula is C36H35F2N3O6S. The predicted molar refractivity (Wildman–Crippen MR) is 182 cm³/mol. The van der Waals surface area contributed by atoms with Crippen LogP contribution in [0.2, 0.25) is 0 Å². The third-order valence-corrected chi connectivity index (χ3v) is 8.59. The number of nitrogens with zero attached hydrogens (tertiary/aromatic N) is 1. The number of pyridine rings is 1. The molecule has 5 rings (SSSR count). The zero-order valence-corrected chi connectivity index (χ0v) is 27.3. The Bertz CT molecular complexity index is 1830. The van der Waals surface area contributed by atoms with Crippen molar-refractivity contribution in [2.45, 2.75) is 39.0 Å². The Morgan fingerprint density at radius 1 is 0.875 bits per heavy atom. The number of benzene rings is 3. The molecule has 3 aromatic carbocycles. The smallest absolute Gasteiger partial charge is 0.240 e. The number of rotatable bonds is 15. The molecule has 1 aliphatic rings. The fourth-order valence-electron chi connectivity index (χ4n) is 4.89. The van der Waals surface area contributed by atoms with E-state index in [1.54, 1.807) is 25.1 Å². The Morgan fingerprint density at radius 3 is 2.29 bits per heavy atom. The van der Waals surface area contributed by atoms with Gasteiger partial charge >= 0.3 is 0 Å². The van der Waals surface area contributed by atoms with Gasteiger partial charge in [0.25, 0.3) is 0 Å². The number of nitrogens with one attached hydrogen (secondary N) is 2. The topological polar surface area (TPSA) is 116 Å². The third-order valence-electron chi connectivity index (χ3n) is 7.69. The number of anilines is 2. The first-order chi connectivity index (χ1) is 23.2. The Labute approximate surface area is 281 Å². The van der Waals surface area contributed by atoms with Gasteiger partial charge in [-0.05, 0) is 80.6 Å². The lowest BCUT2D eigenvalue weighted by Gasteiger charge is -2.16. The molecule has 9 nitrogen and oxygen atoms in total. The highest BCUT2D eigenvalue weighted by atomic mass is 32.2. The average Bonchev–Trinajstić information content (AvgIpc) is 3.88. The maximum absolute atomic E-state index is 15.2. The van der Waals surface area contributed by atoms with Crippen LogP contribution >= 0.6 is 11.8 Å². The zero-order chi connectivity index (χ0) is 34.1. The van der Waals surface area contributed by atoms with E-state index < -0.39 is 28.9 Å². The van der Waals surface area contributed by atoms with Crippen LogP contribution in [-0.2, 0) is 14.4 Å². The van der Waals surface area contributed by atoms with Crippen LogP contribution in [0.5, 0.6) is 23.0 Å². The van der Waals surface area contributed by atoms with Crippen molar-refractivity contribution in [1.29, 1.82) is 0 Å². The maximum Gasteiger partial charge on any atom is 0.240 e. The van der Waals surface area contributed by atoms with E-state index in [1.165, 1.54) is 61.5 Å². The molecule has 1 saturated carbocycles. The first kappa shape index (κ1) is 34.4. The number of thioether (sulfide) groups is 1. The molecular weight excluding hydrogens is 640 g/mol. The summed E-state index contributed by atoms with van der Waals surface area (Å²) in [5.74, 6) is -0.225. The number of aromatic nitrogens is 1. The van der Waals surface area contributed by atoms with Gasteiger partial charge in [0.15, 0.2) is 28.2 Å². The number of amides is 2. The van der Waals surface area contributed by atoms with Crippen LogP contribution in [0.15, 0.2) is 79.0 Å². The number of ether oxygens (including phenoxy) is 3. The molecule has 0 saturated heterocycles. The molecule has 0 spiro atoms. The predicted octanol–water partition coefficient (Wildman–Crippen LogP) is 8.06. The number of allylic oxidation sites excluding steroid dienone is 1. The number of carbonyl (C=O) groups excluding carboxylic acids is 3. The second kappa shape index (κ2) is 15.7. The first-order valence-electron chi connectivity index (χ1n) is 15.4. The lowest BCUT2D eigenvalue weighted by molar-refractivity contribution is -0.131. The van der Waals surface area contributed by atoms with Gasteiger partial charge in [0.2, 0.25) is 11.8 Å². The Morgan fingerprint density at radius 2 is 1.60 bits per heavy atom. The van der Waals surface area contributed by atoms with Crippen molar-refractivity contribution in [1.82, 2.24) is 4.98 Å². The van der Waals surface area contributed by atoms with Crippen LogP contribution in [0.1, 0.15) is 39.0 Å². The van der Waals surface area contributed by atoms with Crippen molar-refractivity contribution in [3.05, 3.63) is 90.6 Å². The van der Waals surface area contributed by atoms with E-state index >= 15 is 4.39 Å². The molecule has 250 valence electrons. The molecule has 2 amide bonds. The fraction of sp³-hybridized carbons (Fsp3) is 0.278. The number of carbonyl (C=O) groups is 3. The SMILES string of the molecule is COc1cc2c(Oc3ccc(NC(=O)C4(C(=O)Nc5ccc(F)cc5)CC4)cc3F)ccnc2cc1OC/C=C/CCCCSC(C)=O. The lowest BCUT2D eigenvalue weighted by Crippen LogP contribution is -2.35. The number of hydrogen-bond acceptors (Lipinski definition) is 8. The minimum absolute atomic E-state index is 0.0833. The van der Waals surface area contributed by atoms with E-state index in [-0.39, 0.29) is 16.6 Å². The van der Waals surface area contributed by atoms with Gasteiger partial charge in [0.1, 0.15) is 23.6 Å². The Balaban J connectivity index is 1.20. The summed E-state index contributed by atoms with van der Waals surface area (Å²) in [5.41, 5.74) is -0.205. The number of halogens is 2. The van der Waals surface area contributed by atoms with Gasteiger partial charge in [-0.15, -0.1) is 0 Å². The quantitative estimate of drug-likeness (QED) is 0.0739. The summed E-state index contributed by atoms with van der Waals surface area (Å²) >= 11 is 1.34. The van der Waals surface area contributed by atoms with E-state index in [4.69, 9.17) is 14.2 Å². The zero-order valence-electron chi connectivity index (χ0n) is 26.5. The highest BCUT2D eigenvalue weighted by Gasteiger charge is 2.56. The largest absolute Gasteiger partial charge is 0.493 e.